The highest BCUT2D eigenvalue weighted by Gasteiger charge is 2.41. The van der Waals surface area contributed by atoms with Crippen LogP contribution in [0.3, 0.4) is 0 Å². The number of carbonyl (C=O) groups is 2. The maximum absolute atomic E-state index is 14.4. The number of hydrogen-bond donors (Lipinski definition) is 2. The first-order valence-corrected chi connectivity index (χ1v) is 24.1. The van der Waals surface area contributed by atoms with E-state index >= 15 is 0 Å². The molecular weight excluding hydrogens is 849 g/mol. The van der Waals surface area contributed by atoms with Gasteiger partial charge in [-0.15, -0.1) is 0 Å². The second-order valence-electron chi connectivity index (χ2n) is 18.8. The minimum atomic E-state index is -1.03. The average molecular weight is 915 g/mol. The van der Waals surface area contributed by atoms with Crippen LogP contribution < -0.4 is 29.9 Å². The summed E-state index contributed by atoms with van der Waals surface area (Å²) in [5, 5.41) is 7.30. The zero-order valence-electron chi connectivity index (χ0n) is 40.3. The van der Waals surface area contributed by atoms with E-state index in [4.69, 9.17) is 18.9 Å². The lowest BCUT2D eigenvalue weighted by molar-refractivity contribution is -0.177. The average Bonchev–Trinajstić information content (AvgIpc) is 3.34. The van der Waals surface area contributed by atoms with Gasteiger partial charge in [0.1, 0.15) is 36.9 Å². The Kier molecular flexibility index (Phi) is 15.8. The molecule has 68 heavy (non-hydrogen) atoms. The Hall–Kier alpha value is -6.62. The minimum absolute atomic E-state index is 0.0980. The topological polar surface area (TPSA) is 102 Å². The molecule has 0 saturated heterocycles. The Morgan fingerprint density at radius 3 is 1.18 bits per heavy atom. The van der Waals surface area contributed by atoms with Crippen molar-refractivity contribution in [3.8, 4) is 11.5 Å². The minimum Gasteiger partial charge on any atom is -0.487 e. The summed E-state index contributed by atoms with van der Waals surface area (Å²) in [6.45, 7) is 10.4. The number of rotatable bonds is 18. The number of carbonyl (C=O) groups excluding carboxylic acids is 2. The van der Waals surface area contributed by atoms with Crippen molar-refractivity contribution in [1.29, 1.82) is 0 Å². The molecule has 0 heterocycles. The summed E-state index contributed by atoms with van der Waals surface area (Å²) in [5.41, 5.74) is 10.1. The van der Waals surface area contributed by atoms with E-state index in [0.717, 1.165) is 67.4 Å². The van der Waals surface area contributed by atoms with Crippen LogP contribution in [0.1, 0.15) is 97.3 Å². The fourth-order valence-corrected chi connectivity index (χ4v) is 9.88. The highest BCUT2D eigenvalue weighted by Crippen LogP contribution is 2.46. The van der Waals surface area contributed by atoms with Crippen molar-refractivity contribution < 1.29 is 28.5 Å². The molecule has 0 aliphatic heterocycles. The van der Waals surface area contributed by atoms with Gasteiger partial charge in [0.15, 0.2) is 0 Å². The number of ether oxygens (including phenoxy) is 4. The fourth-order valence-electron chi connectivity index (χ4n) is 9.88. The third-order valence-corrected chi connectivity index (χ3v) is 12.8. The molecule has 4 atom stereocenters. The molecule has 0 spiro atoms. The van der Waals surface area contributed by atoms with Crippen molar-refractivity contribution in [2.24, 2.45) is 0 Å². The predicted octanol–water partition coefficient (Wildman–Crippen LogP) is 10.6. The monoisotopic (exact) mass is 914 g/mol. The lowest BCUT2D eigenvalue weighted by Crippen LogP contribution is -2.46. The maximum atomic E-state index is 14.4. The van der Waals surface area contributed by atoms with Gasteiger partial charge in [0, 0.05) is 51.4 Å². The number of nitrogens with zero attached hydrogens (tertiary/aromatic N) is 2. The van der Waals surface area contributed by atoms with E-state index in [0.29, 0.717) is 52.0 Å². The summed E-state index contributed by atoms with van der Waals surface area (Å²) < 4.78 is 26.0. The number of anilines is 2. The molecule has 2 N–H and O–H groups in total. The largest absolute Gasteiger partial charge is 0.487 e. The Balaban J connectivity index is 1.10. The molecule has 4 unspecified atom stereocenters. The van der Waals surface area contributed by atoms with Gasteiger partial charge in [-0.05, 0) is 82.3 Å². The summed E-state index contributed by atoms with van der Waals surface area (Å²) in [4.78, 5) is 33.2. The summed E-state index contributed by atoms with van der Waals surface area (Å²) in [5.74, 6) is -0.566. The van der Waals surface area contributed by atoms with E-state index in [1.807, 2.05) is 97.1 Å². The molecule has 354 valence electrons. The van der Waals surface area contributed by atoms with E-state index in [1.165, 1.54) is 0 Å². The van der Waals surface area contributed by atoms with Crippen LogP contribution in [-0.4, -0.2) is 50.2 Å². The van der Waals surface area contributed by atoms with Gasteiger partial charge in [-0.3, -0.25) is 0 Å². The number of nitrogens with one attached hydrogen (secondary N) is 2. The van der Waals surface area contributed by atoms with Crippen molar-refractivity contribution in [2.45, 2.75) is 116 Å². The summed E-state index contributed by atoms with van der Waals surface area (Å²) in [7, 11) is 4.14. The summed E-state index contributed by atoms with van der Waals surface area (Å²) in [6.07, 6.45) is 1.26. The zero-order chi connectivity index (χ0) is 47.6. The van der Waals surface area contributed by atoms with Gasteiger partial charge in [0.2, 0.25) is 0 Å². The lowest BCUT2D eigenvalue weighted by Gasteiger charge is -2.38. The van der Waals surface area contributed by atoms with Gasteiger partial charge >= 0.3 is 11.9 Å². The standard InChI is InChI=1S/C58H66N4O6/c1-39(2)59-49-31-27-45-47(29-33-51(65-37-43-23-15-9-16-24-43)53(45)61(5)35-41-19-11-7-12-20-41)55(49)67-57(63)58(64)68-56-48-30-34-52(66-38-44-25-17-10-18-26-44)54(46(48)28-32-50(56)60-40(3)4)62(6)36-42-21-13-8-14-22-42/h7-26,29-30,33-34,39-40,49-50,55-56,59-60H,27-28,31-32,35-38H2,1-6H3. The molecular formula is C58H66N4O6. The van der Waals surface area contributed by atoms with Crippen molar-refractivity contribution >= 4 is 23.3 Å². The quantitative estimate of drug-likeness (QED) is 0.0640. The van der Waals surface area contributed by atoms with Crippen LogP contribution in [0.5, 0.6) is 11.5 Å². The Labute approximate surface area is 402 Å². The third kappa shape index (κ3) is 11.7. The first kappa shape index (κ1) is 47.9. The molecule has 0 radical (unpaired) electrons. The Bertz CT molecular complexity index is 2410. The van der Waals surface area contributed by atoms with E-state index in [2.05, 4.69) is 111 Å². The molecule has 0 amide bonds. The number of benzene rings is 6. The van der Waals surface area contributed by atoms with Gasteiger partial charge in [-0.25, -0.2) is 9.59 Å². The van der Waals surface area contributed by atoms with Crippen LogP contribution in [0.4, 0.5) is 11.4 Å². The van der Waals surface area contributed by atoms with Crippen LogP contribution in [0.15, 0.2) is 146 Å². The smallest absolute Gasteiger partial charge is 0.418 e. The fraction of sp³-hybridized carbons (Fsp3) is 0.345. The van der Waals surface area contributed by atoms with Crippen LogP contribution in [0.25, 0.3) is 0 Å². The molecule has 2 aliphatic rings. The van der Waals surface area contributed by atoms with Crippen molar-refractivity contribution in [2.75, 3.05) is 23.9 Å². The molecule has 10 nitrogen and oxygen atoms in total. The molecule has 6 aromatic carbocycles. The van der Waals surface area contributed by atoms with Gasteiger partial charge in [0.05, 0.1) is 11.4 Å². The van der Waals surface area contributed by atoms with E-state index in [-0.39, 0.29) is 24.2 Å². The van der Waals surface area contributed by atoms with Crippen LogP contribution >= 0.6 is 0 Å². The normalized spacial score (nSPS) is 17.5. The second kappa shape index (κ2) is 22.5. The lowest BCUT2D eigenvalue weighted by atomic mass is 9.83. The summed E-state index contributed by atoms with van der Waals surface area (Å²) in [6, 6.07) is 48.6. The van der Waals surface area contributed by atoms with E-state index in [9.17, 15) is 9.59 Å². The van der Waals surface area contributed by atoms with Gasteiger partial charge in [-0.1, -0.05) is 161 Å². The van der Waals surface area contributed by atoms with Crippen molar-refractivity contribution in [1.82, 2.24) is 10.6 Å². The van der Waals surface area contributed by atoms with Gasteiger partial charge in [-0.2, -0.15) is 0 Å². The first-order chi connectivity index (χ1) is 33.0. The maximum Gasteiger partial charge on any atom is 0.418 e. The molecule has 0 bridgehead atoms. The van der Waals surface area contributed by atoms with Crippen molar-refractivity contribution in [3.05, 3.63) is 190 Å². The molecule has 10 heteroatoms. The highest BCUT2D eigenvalue weighted by atomic mass is 16.6. The third-order valence-electron chi connectivity index (χ3n) is 12.8. The highest BCUT2D eigenvalue weighted by molar-refractivity contribution is 6.29. The first-order valence-electron chi connectivity index (χ1n) is 24.1. The molecule has 6 aromatic rings. The Morgan fingerprint density at radius 1 is 0.500 bits per heavy atom. The van der Waals surface area contributed by atoms with Crippen LogP contribution in [0, 0.1) is 0 Å². The van der Waals surface area contributed by atoms with Crippen LogP contribution in [0.2, 0.25) is 0 Å². The number of esters is 2. The predicted molar refractivity (Wildman–Crippen MR) is 270 cm³/mol. The second-order valence-corrected chi connectivity index (χ2v) is 18.8. The molecule has 2 aliphatic carbocycles. The number of fused-ring (bicyclic) bond motifs is 2. The molecule has 0 aromatic heterocycles. The number of hydrogen-bond acceptors (Lipinski definition) is 10. The Morgan fingerprint density at radius 2 is 0.838 bits per heavy atom. The van der Waals surface area contributed by atoms with Gasteiger partial charge < -0.3 is 39.4 Å². The van der Waals surface area contributed by atoms with Crippen LogP contribution in [-0.2, 0) is 58.2 Å². The van der Waals surface area contributed by atoms with E-state index in [1.54, 1.807) is 0 Å². The SMILES string of the molecule is CC(C)NC1CCc2c(ccc(OCc3ccccc3)c2N(C)Cc2ccccc2)C1OC(=O)C(=O)OC1c2ccc(OCc3ccccc3)c(N(C)Cc3ccccc3)c2CCC1NC(C)C. The van der Waals surface area contributed by atoms with Crippen molar-refractivity contribution in [3.63, 3.8) is 0 Å². The molecule has 0 saturated carbocycles. The summed E-state index contributed by atoms with van der Waals surface area (Å²) >= 11 is 0. The molecule has 0 fully saturated rings. The molecule has 8 rings (SSSR count). The zero-order valence-corrected chi connectivity index (χ0v) is 40.3. The van der Waals surface area contributed by atoms with E-state index < -0.39 is 24.1 Å². The van der Waals surface area contributed by atoms with Gasteiger partial charge in [0.25, 0.3) is 0 Å².